The van der Waals surface area contributed by atoms with Crippen molar-refractivity contribution in [3.05, 3.63) is 64.1 Å². The van der Waals surface area contributed by atoms with Crippen molar-refractivity contribution >= 4 is 27.9 Å². The van der Waals surface area contributed by atoms with Crippen molar-refractivity contribution in [2.24, 2.45) is 10.9 Å². The molecule has 0 radical (unpaired) electrons. The van der Waals surface area contributed by atoms with Gasteiger partial charge in [-0.05, 0) is 46.6 Å². The number of amidine groups is 1. The van der Waals surface area contributed by atoms with Crippen LogP contribution >= 0.6 is 15.9 Å². The Bertz CT molecular complexity index is 925. The van der Waals surface area contributed by atoms with Gasteiger partial charge in [0, 0.05) is 11.5 Å². The normalized spacial score (nSPS) is 26.0. The maximum absolute atomic E-state index is 14.4. The number of hydrogen-bond donors (Lipinski definition) is 1. The van der Waals surface area contributed by atoms with Crippen molar-refractivity contribution in [3.63, 3.8) is 0 Å². The first-order chi connectivity index (χ1) is 12.9. The molecule has 140 valence electrons. The topological polar surface area (TPSA) is 63.6 Å². The number of nitrogens with one attached hydrogen (secondary N) is 1. The van der Waals surface area contributed by atoms with Crippen molar-refractivity contribution < 1.29 is 22.7 Å². The first-order valence-corrected chi connectivity index (χ1v) is 8.94. The van der Waals surface area contributed by atoms with Crippen LogP contribution in [-0.4, -0.2) is 29.4 Å². The molecule has 5 nitrogen and oxygen atoms in total. The predicted molar refractivity (Wildman–Crippen MR) is 93.9 cm³/mol. The number of aliphatic imine (C=N–C) groups is 1. The third-order valence-corrected chi connectivity index (χ3v) is 5.07. The maximum Gasteiger partial charge on any atom is 0.293 e. The summed E-state index contributed by atoms with van der Waals surface area (Å²) >= 11 is 3.08. The van der Waals surface area contributed by atoms with Crippen molar-refractivity contribution in [1.29, 1.82) is 0 Å². The van der Waals surface area contributed by atoms with Gasteiger partial charge in [0.15, 0.2) is 5.54 Å². The SMILES string of the molecule is O=C(NC1=N[C@@](c2nc(Br)ccc2F)(C(F)F)[C@H]2C[C@H]2O1)c1ccccc1. The second-order valence-electron chi connectivity index (χ2n) is 6.33. The Morgan fingerprint density at radius 3 is 2.70 bits per heavy atom. The number of pyridine rings is 1. The zero-order valence-electron chi connectivity index (χ0n) is 13.7. The number of carbonyl (C=O) groups excluding carboxylic acids is 1. The largest absolute Gasteiger partial charge is 0.461 e. The van der Waals surface area contributed by atoms with E-state index >= 15 is 0 Å². The van der Waals surface area contributed by atoms with Crippen LogP contribution < -0.4 is 5.32 Å². The highest BCUT2D eigenvalue weighted by atomic mass is 79.9. The molecular formula is C18H13BrF3N3O2. The van der Waals surface area contributed by atoms with Gasteiger partial charge in [-0.25, -0.2) is 23.1 Å². The zero-order valence-corrected chi connectivity index (χ0v) is 15.3. The minimum absolute atomic E-state index is 0.215. The zero-order chi connectivity index (χ0) is 19.2. The Balaban J connectivity index is 1.74. The number of hydrogen-bond acceptors (Lipinski definition) is 4. The number of rotatable bonds is 3. The fourth-order valence-corrected chi connectivity index (χ4v) is 3.55. The van der Waals surface area contributed by atoms with E-state index in [-0.39, 0.29) is 17.0 Å². The number of carbonyl (C=O) groups is 1. The van der Waals surface area contributed by atoms with E-state index in [4.69, 9.17) is 4.74 Å². The second kappa shape index (κ2) is 6.63. The lowest BCUT2D eigenvalue weighted by Crippen LogP contribution is -2.46. The summed E-state index contributed by atoms with van der Waals surface area (Å²) in [5, 5.41) is 2.40. The molecule has 1 saturated carbocycles. The molecular weight excluding hydrogens is 427 g/mol. The summed E-state index contributed by atoms with van der Waals surface area (Å²) in [6, 6.07) is 10.2. The van der Waals surface area contributed by atoms with Crippen LogP contribution in [-0.2, 0) is 10.3 Å². The highest BCUT2D eigenvalue weighted by Crippen LogP contribution is 2.55. The Kier molecular flexibility index (Phi) is 4.41. The van der Waals surface area contributed by atoms with Gasteiger partial charge in [-0.2, -0.15) is 0 Å². The van der Waals surface area contributed by atoms with Crippen molar-refractivity contribution in [2.45, 2.75) is 24.5 Å². The molecule has 2 heterocycles. The van der Waals surface area contributed by atoms with E-state index in [1.165, 1.54) is 6.07 Å². The highest BCUT2D eigenvalue weighted by Gasteiger charge is 2.65. The van der Waals surface area contributed by atoms with Gasteiger partial charge in [-0.3, -0.25) is 10.1 Å². The molecule has 0 bridgehead atoms. The van der Waals surface area contributed by atoms with Crippen LogP contribution in [0, 0.1) is 11.7 Å². The lowest BCUT2D eigenvalue weighted by Gasteiger charge is -2.32. The van der Waals surface area contributed by atoms with E-state index in [0.717, 1.165) is 6.07 Å². The quantitative estimate of drug-likeness (QED) is 0.742. The number of fused-ring (bicyclic) bond motifs is 1. The minimum Gasteiger partial charge on any atom is -0.461 e. The lowest BCUT2D eigenvalue weighted by molar-refractivity contribution is 0.0139. The minimum atomic E-state index is -3.03. The van der Waals surface area contributed by atoms with Gasteiger partial charge in [0.25, 0.3) is 18.4 Å². The van der Waals surface area contributed by atoms with Gasteiger partial charge in [0.2, 0.25) is 0 Å². The molecule has 27 heavy (non-hydrogen) atoms. The highest BCUT2D eigenvalue weighted by molar-refractivity contribution is 9.10. The van der Waals surface area contributed by atoms with Crippen molar-refractivity contribution in [2.75, 3.05) is 0 Å². The number of halogens is 4. The summed E-state index contributed by atoms with van der Waals surface area (Å²) in [6.07, 6.45) is -3.34. The molecule has 1 N–H and O–H groups in total. The summed E-state index contributed by atoms with van der Waals surface area (Å²) in [6.45, 7) is 0. The number of aromatic nitrogens is 1. The Morgan fingerprint density at radius 2 is 2.00 bits per heavy atom. The van der Waals surface area contributed by atoms with Crippen LogP contribution in [0.2, 0.25) is 0 Å². The van der Waals surface area contributed by atoms with E-state index in [1.807, 2.05) is 0 Å². The van der Waals surface area contributed by atoms with Crippen LogP contribution in [0.15, 0.2) is 52.1 Å². The van der Waals surface area contributed by atoms with Gasteiger partial charge < -0.3 is 4.74 Å². The second-order valence-corrected chi connectivity index (χ2v) is 7.14. The maximum atomic E-state index is 14.4. The van der Waals surface area contributed by atoms with E-state index in [2.05, 4.69) is 31.2 Å². The molecule has 4 rings (SSSR count). The van der Waals surface area contributed by atoms with E-state index in [1.54, 1.807) is 30.3 Å². The van der Waals surface area contributed by atoms with Crippen LogP contribution in [0.25, 0.3) is 0 Å². The van der Waals surface area contributed by atoms with E-state index in [9.17, 15) is 18.0 Å². The summed E-state index contributed by atoms with van der Waals surface area (Å²) in [5.41, 5.74) is -2.36. The molecule has 1 aromatic heterocycles. The number of nitrogens with zero attached hydrogens (tertiary/aromatic N) is 2. The summed E-state index contributed by atoms with van der Waals surface area (Å²) in [4.78, 5) is 20.2. The van der Waals surface area contributed by atoms with E-state index in [0.29, 0.717) is 5.56 Å². The molecule has 1 amide bonds. The van der Waals surface area contributed by atoms with Gasteiger partial charge in [-0.15, -0.1) is 0 Å². The van der Waals surface area contributed by atoms with E-state index < -0.39 is 41.4 Å². The molecule has 1 aliphatic heterocycles. The third-order valence-electron chi connectivity index (χ3n) is 4.63. The molecule has 0 unspecified atom stereocenters. The first-order valence-electron chi connectivity index (χ1n) is 8.15. The lowest BCUT2D eigenvalue weighted by atomic mass is 9.88. The van der Waals surface area contributed by atoms with Crippen molar-refractivity contribution in [3.8, 4) is 0 Å². The molecule has 3 atom stereocenters. The van der Waals surface area contributed by atoms with Gasteiger partial charge in [0.05, 0.1) is 0 Å². The average molecular weight is 440 g/mol. The molecule has 0 saturated heterocycles. The summed E-state index contributed by atoms with van der Waals surface area (Å²) in [5.74, 6) is -2.16. The molecule has 2 aromatic rings. The molecule has 9 heteroatoms. The van der Waals surface area contributed by atoms with Crippen molar-refractivity contribution in [1.82, 2.24) is 10.3 Å². The summed E-state index contributed by atoms with van der Waals surface area (Å²) in [7, 11) is 0. The Labute approximate surface area is 160 Å². The van der Waals surface area contributed by atoms with Crippen LogP contribution in [0.1, 0.15) is 22.5 Å². The molecule has 0 spiro atoms. The molecule has 1 aliphatic carbocycles. The van der Waals surface area contributed by atoms with Crippen LogP contribution in [0.5, 0.6) is 0 Å². The fraction of sp³-hybridized carbons (Fsp3) is 0.278. The average Bonchev–Trinajstić information content (AvgIpc) is 3.43. The molecule has 2 aliphatic rings. The first kappa shape index (κ1) is 18.0. The number of benzene rings is 1. The van der Waals surface area contributed by atoms with Crippen LogP contribution in [0.4, 0.5) is 13.2 Å². The van der Waals surface area contributed by atoms with Gasteiger partial charge in [0.1, 0.15) is 22.2 Å². The molecule has 1 aromatic carbocycles. The number of ether oxygens (including phenoxy) is 1. The third kappa shape index (κ3) is 3.09. The predicted octanol–water partition coefficient (Wildman–Crippen LogP) is 3.65. The number of amides is 1. The number of alkyl halides is 2. The van der Waals surface area contributed by atoms with Gasteiger partial charge in [-0.1, -0.05) is 18.2 Å². The smallest absolute Gasteiger partial charge is 0.293 e. The Hall–Kier alpha value is -2.42. The Morgan fingerprint density at radius 1 is 1.26 bits per heavy atom. The fourth-order valence-electron chi connectivity index (χ4n) is 3.24. The summed E-state index contributed by atoms with van der Waals surface area (Å²) < 4.78 is 48.5. The van der Waals surface area contributed by atoms with Gasteiger partial charge >= 0.3 is 0 Å². The molecule has 1 fully saturated rings. The standard InChI is InChI=1S/C18H13BrF3N3O2/c19-13-7-6-11(20)14(23-13)18(16(21)22)10-8-12(10)27-17(25-18)24-15(26)9-4-2-1-3-5-9/h1-7,10,12,16H,8H2,(H,24,25,26)/t10-,12+,18-/m0/s1. The van der Waals surface area contributed by atoms with Crippen LogP contribution in [0.3, 0.4) is 0 Å². The monoisotopic (exact) mass is 439 g/mol.